The average molecular weight is 330 g/mol. The van der Waals surface area contributed by atoms with Crippen LogP contribution in [0.4, 0.5) is 4.79 Å². The molecule has 2 saturated carbocycles. The molecule has 4 rings (SSSR count). The van der Waals surface area contributed by atoms with E-state index in [2.05, 4.69) is 5.32 Å². The van der Waals surface area contributed by atoms with Crippen molar-refractivity contribution in [2.24, 2.45) is 17.8 Å². The Bertz CT molecular complexity index is 650. The molecular weight excluding hydrogens is 304 g/mol. The van der Waals surface area contributed by atoms with Crippen molar-refractivity contribution in [3.8, 4) is 5.75 Å². The Morgan fingerprint density at radius 3 is 2.62 bits per heavy atom. The lowest BCUT2D eigenvalue weighted by Crippen LogP contribution is -2.48. The van der Waals surface area contributed by atoms with Gasteiger partial charge in [0, 0.05) is 13.1 Å². The number of aromatic hydroxyl groups is 1. The smallest absolute Gasteiger partial charge is 0.317 e. The number of phenols is 1. The zero-order valence-corrected chi connectivity index (χ0v) is 14.3. The van der Waals surface area contributed by atoms with E-state index in [4.69, 9.17) is 0 Å². The molecule has 5 nitrogen and oxygen atoms in total. The number of carbonyl (C=O) groups is 1. The Morgan fingerprint density at radius 1 is 1.25 bits per heavy atom. The topological polar surface area (TPSA) is 72.8 Å². The number of phenolic OH excluding ortho intramolecular Hbond substituents is 1. The summed E-state index contributed by atoms with van der Waals surface area (Å²) in [6.07, 6.45) is 2.58. The average Bonchev–Trinajstić information content (AvgIpc) is 3.14. The van der Waals surface area contributed by atoms with Gasteiger partial charge in [-0.05, 0) is 67.6 Å². The number of aryl methyl sites for hydroxylation is 2. The van der Waals surface area contributed by atoms with E-state index in [-0.39, 0.29) is 18.2 Å². The van der Waals surface area contributed by atoms with Gasteiger partial charge in [0.25, 0.3) is 0 Å². The Labute approximate surface area is 142 Å². The van der Waals surface area contributed by atoms with E-state index in [1.165, 1.54) is 0 Å². The van der Waals surface area contributed by atoms with Crippen LogP contribution in [0.2, 0.25) is 0 Å². The van der Waals surface area contributed by atoms with Crippen molar-refractivity contribution in [1.82, 2.24) is 10.2 Å². The molecule has 2 amide bonds. The van der Waals surface area contributed by atoms with E-state index >= 15 is 0 Å². The zero-order chi connectivity index (χ0) is 17.0. The number of urea groups is 1. The quantitative estimate of drug-likeness (QED) is 0.793. The molecule has 0 spiro atoms. The number of nitrogens with one attached hydrogen (secondary N) is 1. The number of hydrogen-bond acceptors (Lipinski definition) is 3. The van der Waals surface area contributed by atoms with Crippen molar-refractivity contribution >= 4 is 6.03 Å². The number of carbonyl (C=O) groups excluding carboxylic acids is 1. The van der Waals surface area contributed by atoms with Gasteiger partial charge in [0.05, 0.1) is 12.1 Å². The lowest BCUT2D eigenvalue weighted by Gasteiger charge is -2.29. The van der Waals surface area contributed by atoms with Crippen molar-refractivity contribution in [2.45, 2.75) is 45.3 Å². The highest BCUT2D eigenvalue weighted by molar-refractivity contribution is 5.75. The molecule has 1 aromatic carbocycles. The van der Waals surface area contributed by atoms with Crippen LogP contribution in [0.15, 0.2) is 12.1 Å². The molecule has 130 valence electrons. The Balaban J connectivity index is 1.35. The molecule has 0 unspecified atom stereocenters. The van der Waals surface area contributed by atoms with Crippen molar-refractivity contribution in [1.29, 1.82) is 0 Å². The summed E-state index contributed by atoms with van der Waals surface area (Å²) in [4.78, 5) is 14.4. The summed E-state index contributed by atoms with van der Waals surface area (Å²) in [6.45, 7) is 5.15. The van der Waals surface area contributed by atoms with Gasteiger partial charge in [-0.3, -0.25) is 0 Å². The fourth-order valence-corrected chi connectivity index (χ4v) is 5.25. The van der Waals surface area contributed by atoms with Crippen LogP contribution in [0.25, 0.3) is 0 Å². The number of benzene rings is 1. The molecule has 1 aromatic rings. The summed E-state index contributed by atoms with van der Waals surface area (Å²) in [7, 11) is 0. The normalized spacial score (nSPS) is 33.3. The minimum Gasteiger partial charge on any atom is -0.507 e. The molecule has 0 aromatic heterocycles. The number of fused-ring (bicyclic) bond motifs is 1. The molecule has 24 heavy (non-hydrogen) atoms. The number of rotatable bonds is 3. The van der Waals surface area contributed by atoms with Gasteiger partial charge in [0.2, 0.25) is 0 Å². The molecule has 3 N–H and O–H groups in total. The molecule has 0 radical (unpaired) electrons. The van der Waals surface area contributed by atoms with Gasteiger partial charge < -0.3 is 20.4 Å². The monoisotopic (exact) mass is 330 g/mol. The van der Waals surface area contributed by atoms with Crippen molar-refractivity contribution in [3.05, 3.63) is 28.8 Å². The van der Waals surface area contributed by atoms with Gasteiger partial charge in [-0.15, -0.1) is 0 Å². The first-order valence-electron chi connectivity index (χ1n) is 8.97. The maximum atomic E-state index is 12.5. The molecule has 1 saturated heterocycles. The summed E-state index contributed by atoms with van der Waals surface area (Å²) in [5.74, 6) is 1.86. The van der Waals surface area contributed by atoms with Crippen LogP contribution in [0.5, 0.6) is 5.75 Å². The summed E-state index contributed by atoms with van der Waals surface area (Å²) < 4.78 is 0. The fourth-order valence-electron chi connectivity index (χ4n) is 5.25. The third-order valence-electron chi connectivity index (χ3n) is 6.35. The number of aliphatic hydroxyl groups is 1. The second-order valence-electron chi connectivity index (χ2n) is 7.85. The van der Waals surface area contributed by atoms with Crippen molar-refractivity contribution in [3.63, 3.8) is 0 Å². The first kappa shape index (κ1) is 15.8. The second kappa shape index (κ2) is 5.66. The predicted octanol–water partition coefficient (Wildman–Crippen LogP) is 1.96. The van der Waals surface area contributed by atoms with E-state index in [1.54, 1.807) is 0 Å². The van der Waals surface area contributed by atoms with Gasteiger partial charge in [0.1, 0.15) is 5.75 Å². The van der Waals surface area contributed by atoms with Crippen LogP contribution >= 0.6 is 0 Å². The molecule has 3 fully saturated rings. The minimum atomic E-state index is -0.332. The summed E-state index contributed by atoms with van der Waals surface area (Å²) in [6, 6.07) is 3.93. The van der Waals surface area contributed by atoms with Crippen LogP contribution in [0.3, 0.4) is 0 Å². The Kier molecular flexibility index (Phi) is 3.71. The van der Waals surface area contributed by atoms with Crippen LogP contribution in [-0.2, 0) is 6.42 Å². The van der Waals surface area contributed by atoms with Crippen LogP contribution in [-0.4, -0.2) is 46.4 Å². The third kappa shape index (κ3) is 2.37. The summed E-state index contributed by atoms with van der Waals surface area (Å²) in [5.41, 5.74) is 2.85. The largest absolute Gasteiger partial charge is 0.507 e. The lowest BCUT2D eigenvalue weighted by molar-refractivity contribution is 0.0609. The molecule has 5 heteroatoms. The first-order valence-corrected chi connectivity index (χ1v) is 8.97. The Hall–Kier alpha value is -1.75. The van der Waals surface area contributed by atoms with Crippen LogP contribution < -0.4 is 5.32 Å². The van der Waals surface area contributed by atoms with Gasteiger partial charge in [-0.2, -0.15) is 0 Å². The lowest BCUT2D eigenvalue weighted by atomic mass is 9.88. The SMILES string of the molecule is Cc1cc(CCNC(=O)N2C[C@@H]3C[C@H]4C[C@H]3[C@@H]2[C@@H]4O)cc(C)c1O. The van der Waals surface area contributed by atoms with Crippen LogP contribution in [0.1, 0.15) is 29.5 Å². The van der Waals surface area contributed by atoms with E-state index in [9.17, 15) is 15.0 Å². The van der Waals surface area contributed by atoms with Gasteiger partial charge in [0.15, 0.2) is 0 Å². The molecule has 1 heterocycles. The molecule has 3 aliphatic rings. The number of nitrogens with zero attached hydrogens (tertiary/aromatic N) is 1. The van der Waals surface area contributed by atoms with Gasteiger partial charge in [-0.25, -0.2) is 4.79 Å². The maximum absolute atomic E-state index is 12.5. The molecule has 5 atom stereocenters. The van der Waals surface area contributed by atoms with Gasteiger partial charge >= 0.3 is 6.03 Å². The number of likely N-dealkylation sites (tertiary alicyclic amines) is 1. The van der Waals surface area contributed by atoms with E-state index in [1.807, 2.05) is 30.9 Å². The molecule has 2 bridgehead atoms. The van der Waals surface area contributed by atoms with Crippen molar-refractivity contribution in [2.75, 3.05) is 13.1 Å². The van der Waals surface area contributed by atoms with Gasteiger partial charge in [-0.1, -0.05) is 12.1 Å². The Morgan fingerprint density at radius 2 is 1.96 bits per heavy atom. The van der Waals surface area contributed by atoms with E-state index in [0.717, 1.165) is 42.5 Å². The first-order chi connectivity index (χ1) is 11.5. The molecule has 1 aliphatic heterocycles. The fraction of sp³-hybridized carbons (Fsp3) is 0.632. The standard InChI is InChI=1S/C19H26N2O3/c1-10-5-12(6-11(2)17(10)22)3-4-20-19(24)21-9-14-7-13-8-15(14)16(21)18(13)23/h5-6,13-16,18,22-23H,3-4,7-9H2,1-2H3,(H,20,24)/t13-,14-,15+,16+,18+/m0/s1. The highest BCUT2D eigenvalue weighted by Gasteiger charge is 2.59. The maximum Gasteiger partial charge on any atom is 0.317 e. The third-order valence-corrected chi connectivity index (χ3v) is 6.35. The highest BCUT2D eigenvalue weighted by Crippen LogP contribution is 2.54. The number of amides is 2. The molecular formula is C19H26N2O3. The van der Waals surface area contributed by atoms with Crippen molar-refractivity contribution < 1.29 is 15.0 Å². The highest BCUT2D eigenvalue weighted by atomic mass is 16.3. The molecule has 2 aliphatic carbocycles. The van der Waals surface area contributed by atoms with E-state index < -0.39 is 0 Å². The summed E-state index contributed by atoms with van der Waals surface area (Å²) >= 11 is 0. The second-order valence-corrected chi connectivity index (χ2v) is 7.85. The van der Waals surface area contributed by atoms with Crippen LogP contribution in [0, 0.1) is 31.6 Å². The van der Waals surface area contributed by atoms with E-state index in [0.29, 0.717) is 30.0 Å². The minimum absolute atomic E-state index is 0.0342. The summed E-state index contributed by atoms with van der Waals surface area (Å²) in [5, 5.41) is 23.2. The predicted molar refractivity (Wildman–Crippen MR) is 90.9 cm³/mol. The zero-order valence-electron chi connectivity index (χ0n) is 14.3. The number of hydrogen-bond donors (Lipinski definition) is 3. The number of aliphatic hydroxyl groups excluding tert-OH is 1.